The number of rotatable bonds is 6. The van der Waals surface area contributed by atoms with Crippen LogP contribution in [-0.4, -0.2) is 20.6 Å². The highest BCUT2D eigenvalue weighted by molar-refractivity contribution is 5.94. The maximum Gasteiger partial charge on any atom is 0.270 e. The van der Waals surface area contributed by atoms with Crippen molar-refractivity contribution in [2.75, 3.05) is 0 Å². The van der Waals surface area contributed by atoms with Gasteiger partial charge in [0, 0.05) is 17.7 Å². The van der Waals surface area contributed by atoms with Gasteiger partial charge in [-0.25, -0.2) is 9.07 Å². The van der Waals surface area contributed by atoms with Crippen LogP contribution < -0.4 is 5.32 Å². The minimum atomic E-state index is -0.481. The van der Waals surface area contributed by atoms with Crippen LogP contribution in [0.1, 0.15) is 29.0 Å². The molecule has 0 aliphatic carbocycles. The van der Waals surface area contributed by atoms with Crippen LogP contribution in [0.25, 0.3) is 16.9 Å². The Balaban J connectivity index is 1.71. The van der Waals surface area contributed by atoms with Gasteiger partial charge in [-0.1, -0.05) is 30.3 Å². The molecule has 1 N–H and O–H groups in total. The zero-order chi connectivity index (χ0) is 22.7. The van der Waals surface area contributed by atoms with E-state index in [1.807, 2.05) is 37.3 Å². The first kappa shape index (κ1) is 20.9. The molecule has 3 aromatic carbocycles. The van der Waals surface area contributed by atoms with Gasteiger partial charge in [-0.2, -0.15) is 5.10 Å². The third-order valence-corrected chi connectivity index (χ3v) is 5.03. The quantitative estimate of drug-likeness (QED) is 0.341. The summed E-state index contributed by atoms with van der Waals surface area (Å²) in [5.41, 5.74) is 2.75. The van der Waals surface area contributed by atoms with Crippen molar-refractivity contribution in [2.24, 2.45) is 0 Å². The first-order valence-electron chi connectivity index (χ1n) is 9.89. The fourth-order valence-corrected chi connectivity index (χ4v) is 3.31. The smallest absolute Gasteiger partial charge is 0.270 e. The van der Waals surface area contributed by atoms with Crippen LogP contribution in [0.3, 0.4) is 0 Å². The molecule has 1 atom stereocenters. The van der Waals surface area contributed by atoms with E-state index in [0.717, 1.165) is 5.56 Å². The van der Waals surface area contributed by atoms with Crippen LogP contribution in [-0.2, 0) is 0 Å². The molecule has 0 bridgehead atoms. The van der Waals surface area contributed by atoms with Crippen molar-refractivity contribution in [3.05, 3.63) is 112 Å². The van der Waals surface area contributed by atoms with E-state index in [9.17, 15) is 19.3 Å². The number of amides is 1. The van der Waals surface area contributed by atoms with Gasteiger partial charge in [-0.15, -0.1) is 0 Å². The molecule has 32 heavy (non-hydrogen) atoms. The fourth-order valence-electron chi connectivity index (χ4n) is 3.31. The van der Waals surface area contributed by atoms with Gasteiger partial charge in [0.1, 0.15) is 11.5 Å². The monoisotopic (exact) mass is 430 g/mol. The van der Waals surface area contributed by atoms with Gasteiger partial charge < -0.3 is 5.32 Å². The minimum absolute atomic E-state index is 0.0404. The Morgan fingerprint density at radius 1 is 1.03 bits per heavy atom. The van der Waals surface area contributed by atoms with Crippen LogP contribution in [0.5, 0.6) is 0 Å². The Hall–Kier alpha value is -4.33. The van der Waals surface area contributed by atoms with Crippen LogP contribution in [0.2, 0.25) is 0 Å². The number of nitrogens with zero attached hydrogens (tertiary/aromatic N) is 3. The van der Waals surface area contributed by atoms with E-state index in [4.69, 9.17) is 0 Å². The van der Waals surface area contributed by atoms with Gasteiger partial charge in [0.25, 0.3) is 11.6 Å². The van der Waals surface area contributed by atoms with Gasteiger partial charge in [0.05, 0.1) is 22.3 Å². The number of nitro benzene ring substituents is 1. The number of non-ortho nitro benzene ring substituents is 1. The molecule has 1 heterocycles. The highest BCUT2D eigenvalue weighted by Crippen LogP contribution is 2.25. The SMILES string of the molecule is CC(NC(=O)c1cc(-c2ccc([N+](=O)[O-])cc2)nn1-c1ccc(F)cc1)c1ccccc1. The molecule has 1 unspecified atom stereocenters. The van der Waals surface area contributed by atoms with Crippen molar-refractivity contribution in [3.8, 4) is 16.9 Å². The molecular formula is C24H19FN4O3. The number of benzene rings is 3. The number of aromatic nitrogens is 2. The van der Waals surface area contributed by atoms with Crippen LogP contribution in [0.4, 0.5) is 10.1 Å². The third kappa shape index (κ3) is 4.39. The molecule has 1 amide bonds. The third-order valence-electron chi connectivity index (χ3n) is 5.03. The maximum absolute atomic E-state index is 13.4. The van der Waals surface area contributed by atoms with Crippen molar-refractivity contribution in [1.82, 2.24) is 15.1 Å². The summed E-state index contributed by atoms with van der Waals surface area (Å²) in [6.45, 7) is 1.88. The number of halogens is 1. The molecule has 0 spiro atoms. The van der Waals surface area contributed by atoms with Gasteiger partial charge >= 0.3 is 0 Å². The number of carbonyl (C=O) groups excluding carboxylic acids is 1. The van der Waals surface area contributed by atoms with Crippen molar-refractivity contribution < 1.29 is 14.1 Å². The molecule has 0 radical (unpaired) electrons. The summed E-state index contributed by atoms with van der Waals surface area (Å²) in [4.78, 5) is 23.6. The first-order chi connectivity index (χ1) is 15.4. The van der Waals surface area contributed by atoms with Crippen molar-refractivity contribution >= 4 is 11.6 Å². The molecular weight excluding hydrogens is 411 g/mol. The van der Waals surface area contributed by atoms with Gasteiger partial charge in [0.15, 0.2) is 0 Å². The summed E-state index contributed by atoms with van der Waals surface area (Å²) in [6.07, 6.45) is 0. The predicted molar refractivity (Wildman–Crippen MR) is 118 cm³/mol. The molecule has 0 aliphatic heterocycles. The highest BCUT2D eigenvalue weighted by atomic mass is 19.1. The zero-order valence-corrected chi connectivity index (χ0v) is 17.1. The van der Waals surface area contributed by atoms with Crippen LogP contribution in [0.15, 0.2) is 84.9 Å². The Morgan fingerprint density at radius 3 is 2.31 bits per heavy atom. The second-order valence-electron chi connectivity index (χ2n) is 7.21. The summed E-state index contributed by atoms with van der Waals surface area (Å²) in [6, 6.07) is 22.4. The lowest BCUT2D eigenvalue weighted by atomic mass is 10.1. The summed E-state index contributed by atoms with van der Waals surface area (Å²) in [7, 11) is 0. The molecule has 0 aliphatic rings. The Morgan fingerprint density at radius 2 is 1.69 bits per heavy atom. The molecule has 4 aromatic rings. The topological polar surface area (TPSA) is 90.1 Å². The number of nitrogens with one attached hydrogen (secondary N) is 1. The Bertz CT molecular complexity index is 1250. The number of hydrogen-bond donors (Lipinski definition) is 1. The summed E-state index contributed by atoms with van der Waals surface area (Å²) < 4.78 is 14.9. The zero-order valence-electron chi connectivity index (χ0n) is 17.1. The van der Waals surface area contributed by atoms with E-state index in [0.29, 0.717) is 16.9 Å². The summed E-state index contributed by atoms with van der Waals surface area (Å²) in [5.74, 6) is -0.758. The number of carbonyl (C=O) groups is 1. The van der Waals surface area contributed by atoms with Crippen molar-refractivity contribution in [2.45, 2.75) is 13.0 Å². The molecule has 4 rings (SSSR count). The van der Waals surface area contributed by atoms with Crippen LogP contribution >= 0.6 is 0 Å². The van der Waals surface area contributed by atoms with Gasteiger partial charge in [0.2, 0.25) is 0 Å². The van der Waals surface area contributed by atoms with Crippen LogP contribution in [0, 0.1) is 15.9 Å². The van der Waals surface area contributed by atoms with E-state index < -0.39 is 10.7 Å². The molecule has 0 saturated heterocycles. The largest absolute Gasteiger partial charge is 0.344 e. The van der Waals surface area contributed by atoms with E-state index in [-0.39, 0.29) is 23.3 Å². The Labute approximate surface area is 183 Å². The second-order valence-corrected chi connectivity index (χ2v) is 7.21. The summed E-state index contributed by atoms with van der Waals surface area (Å²) in [5, 5.41) is 18.4. The lowest BCUT2D eigenvalue weighted by molar-refractivity contribution is -0.384. The normalized spacial score (nSPS) is 11.7. The van der Waals surface area contributed by atoms with Gasteiger partial charge in [-0.05, 0) is 55.0 Å². The average Bonchev–Trinajstić information content (AvgIpc) is 3.26. The lowest BCUT2D eigenvalue weighted by Crippen LogP contribution is -2.28. The molecule has 8 heteroatoms. The Kier molecular flexibility index (Phi) is 5.76. The van der Waals surface area contributed by atoms with E-state index in [1.165, 1.54) is 41.1 Å². The van der Waals surface area contributed by atoms with E-state index in [1.54, 1.807) is 18.2 Å². The van der Waals surface area contributed by atoms with Gasteiger partial charge in [-0.3, -0.25) is 14.9 Å². The lowest BCUT2D eigenvalue weighted by Gasteiger charge is -2.15. The van der Waals surface area contributed by atoms with E-state index in [2.05, 4.69) is 10.4 Å². The first-order valence-corrected chi connectivity index (χ1v) is 9.89. The second kappa shape index (κ2) is 8.81. The number of hydrogen-bond acceptors (Lipinski definition) is 4. The number of nitro groups is 1. The van der Waals surface area contributed by atoms with Crippen molar-refractivity contribution in [1.29, 1.82) is 0 Å². The molecule has 0 saturated carbocycles. The predicted octanol–water partition coefficient (Wildman–Crippen LogP) is 5.08. The van der Waals surface area contributed by atoms with E-state index >= 15 is 0 Å². The molecule has 1 aromatic heterocycles. The minimum Gasteiger partial charge on any atom is -0.344 e. The average molecular weight is 430 g/mol. The summed E-state index contributed by atoms with van der Waals surface area (Å²) >= 11 is 0. The van der Waals surface area contributed by atoms with Crippen molar-refractivity contribution in [3.63, 3.8) is 0 Å². The maximum atomic E-state index is 13.4. The molecule has 7 nitrogen and oxygen atoms in total. The standard InChI is InChI=1S/C24H19FN4O3/c1-16(17-5-3-2-4-6-17)26-24(30)23-15-22(18-7-11-21(12-8-18)29(31)32)27-28(23)20-13-9-19(25)10-14-20/h2-16H,1H3,(H,26,30). The molecule has 160 valence electrons. The fraction of sp³-hybridized carbons (Fsp3) is 0.0833. The highest BCUT2D eigenvalue weighted by Gasteiger charge is 2.20. The molecule has 0 fully saturated rings.